The number of nitriles is 2. The van der Waals surface area contributed by atoms with Crippen molar-refractivity contribution >= 4 is 23.5 Å². The summed E-state index contributed by atoms with van der Waals surface area (Å²) in [5, 5.41) is 20.2. The summed E-state index contributed by atoms with van der Waals surface area (Å²) in [7, 11) is 0. The molecule has 4 N–H and O–H groups in total. The molecule has 62 valence electrons. The molecule has 0 aliphatic rings. The average molecular weight is 198 g/mol. The summed E-state index contributed by atoms with van der Waals surface area (Å²) < 4.78 is 0.368. The van der Waals surface area contributed by atoms with Crippen LogP contribution in [0.25, 0.3) is 0 Å². The van der Waals surface area contributed by atoms with Crippen molar-refractivity contribution in [1.82, 2.24) is 0 Å². The van der Waals surface area contributed by atoms with E-state index in [0.29, 0.717) is 4.24 Å². The van der Waals surface area contributed by atoms with Crippen molar-refractivity contribution in [2.24, 2.45) is 11.5 Å². The molecule has 0 amide bonds. The van der Waals surface area contributed by atoms with E-state index >= 15 is 0 Å². The van der Waals surface area contributed by atoms with Crippen LogP contribution >= 0.6 is 23.5 Å². The Hall–Kier alpha value is -1.24. The average Bonchev–Trinajstić information content (AvgIpc) is 2.03. The summed E-state index contributed by atoms with van der Waals surface area (Å²) in [6.07, 6.45) is 0. The Morgan fingerprint density at radius 2 is 1.58 bits per heavy atom. The summed E-state index contributed by atoms with van der Waals surface area (Å²) in [5.41, 5.74) is 11.1. The molecule has 0 bridgehead atoms. The van der Waals surface area contributed by atoms with Gasteiger partial charge in [0.15, 0.2) is 0 Å². The monoisotopic (exact) mass is 198 g/mol. The topological polar surface area (TPSA) is 99.6 Å². The lowest BCUT2D eigenvalue weighted by atomic mass is 10.4. The minimum atomic E-state index is 0.162. The van der Waals surface area contributed by atoms with E-state index in [-0.39, 0.29) is 11.4 Å². The van der Waals surface area contributed by atoms with E-state index in [2.05, 4.69) is 6.58 Å². The van der Waals surface area contributed by atoms with E-state index in [1.54, 1.807) is 10.8 Å². The molecule has 0 aliphatic heterocycles. The molecule has 6 heteroatoms. The lowest BCUT2D eigenvalue weighted by Gasteiger charge is -2.02. The third-order valence-electron chi connectivity index (χ3n) is 0.843. The van der Waals surface area contributed by atoms with Crippen LogP contribution in [0.15, 0.2) is 22.2 Å². The summed E-state index contributed by atoms with van der Waals surface area (Å²) in [6, 6.07) is 0. The summed E-state index contributed by atoms with van der Waals surface area (Å²) >= 11 is 1.59. The second kappa shape index (κ2) is 5.42. The van der Waals surface area contributed by atoms with Crippen LogP contribution in [0.1, 0.15) is 0 Å². The number of hydrogen-bond acceptors (Lipinski definition) is 6. The van der Waals surface area contributed by atoms with Crippen molar-refractivity contribution in [3.8, 4) is 10.8 Å². The van der Waals surface area contributed by atoms with Crippen LogP contribution in [-0.4, -0.2) is 0 Å². The van der Waals surface area contributed by atoms with Crippen LogP contribution in [0.3, 0.4) is 0 Å². The zero-order valence-electron chi connectivity index (χ0n) is 6.07. The third kappa shape index (κ3) is 3.24. The molecule has 0 heterocycles. The fourth-order valence-electron chi connectivity index (χ4n) is 0.345. The van der Waals surface area contributed by atoms with Gasteiger partial charge in [-0.25, -0.2) is 0 Å². The molecule has 0 aliphatic carbocycles. The molecule has 0 atom stereocenters. The quantitative estimate of drug-likeness (QED) is 0.518. The highest BCUT2D eigenvalue weighted by atomic mass is 32.2. The zero-order valence-corrected chi connectivity index (χ0v) is 7.71. The Kier molecular flexibility index (Phi) is 4.86. The largest absolute Gasteiger partial charge is 0.397 e. The number of thiocyanates is 2. The van der Waals surface area contributed by atoms with Crippen LogP contribution in [0.2, 0.25) is 0 Å². The lowest BCUT2D eigenvalue weighted by molar-refractivity contribution is 1.27. The number of nitrogens with two attached hydrogens (primary N) is 2. The number of hydrogen-bond donors (Lipinski definition) is 2. The van der Waals surface area contributed by atoms with Crippen molar-refractivity contribution in [3.63, 3.8) is 0 Å². The summed E-state index contributed by atoms with van der Waals surface area (Å²) in [5.74, 6) is 0. The van der Waals surface area contributed by atoms with Crippen LogP contribution in [0, 0.1) is 21.3 Å². The second-order valence-corrected chi connectivity index (χ2v) is 3.46. The van der Waals surface area contributed by atoms with Gasteiger partial charge in [0, 0.05) is 29.2 Å². The maximum Gasteiger partial charge on any atom is 0.139 e. The standard InChI is InChI=1S/C6H6N4S2/c1-4(9)5(10)6(11-2-7)12-3-8/h1,9-10H2. The van der Waals surface area contributed by atoms with E-state index < -0.39 is 0 Å². The molecular formula is C6H6N4S2. The van der Waals surface area contributed by atoms with Gasteiger partial charge in [-0.3, -0.25) is 0 Å². The molecule has 0 radical (unpaired) electrons. The van der Waals surface area contributed by atoms with Crippen LogP contribution in [-0.2, 0) is 0 Å². The molecule has 0 rings (SSSR count). The highest BCUT2D eigenvalue weighted by Gasteiger charge is 2.06. The van der Waals surface area contributed by atoms with Gasteiger partial charge in [0.1, 0.15) is 10.8 Å². The Morgan fingerprint density at radius 3 is 1.83 bits per heavy atom. The molecule has 0 aromatic rings. The maximum absolute atomic E-state index is 8.32. The zero-order chi connectivity index (χ0) is 9.56. The van der Waals surface area contributed by atoms with Gasteiger partial charge in [0.25, 0.3) is 0 Å². The van der Waals surface area contributed by atoms with Crippen LogP contribution < -0.4 is 11.5 Å². The summed E-state index contributed by atoms with van der Waals surface area (Å²) in [4.78, 5) is 0. The molecule has 0 saturated heterocycles. The van der Waals surface area contributed by atoms with Gasteiger partial charge in [0.05, 0.1) is 9.93 Å². The minimum Gasteiger partial charge on any atom is -0.397 e. The Morgan fingerprint density at radius 1 is 1.17 bits per heavy atom. The SMILES string of the molecule is C=C(N)C(N)=C(SC#N)SC#N. The first-order chi connectivity index (χ1) is 5.63. The molecule has 0 unspecified atom stereocenters. The van der Waals surface area contributed by atoms with Gasteiger partial charge in [-0.1, -0.05) is 6.58 Å². The van der Waals surface area contributed by atoms with E-state index in [4.69, 9.17) is 22.0 Å². The van der Waals surface area contributed by atoms with E-state index in [0.717, 1.165) is 23.5 Å². The number of thioether (sulfide) groups is 2. The van der Waals surface area contributed by atoms with Crippen molar-refractivity contribution in [3.05, 3.63) is 22.2 Å². The molecule has 0 spiro atoms. The normalized spacial score (nSPS) is 7.83. The molecule has 0 aromatic carbocycles. The smallest absolute Gasteiger partial charge is 0.139 e. The van der Waals surface area contributed by atoms with Gasteiger partial charge in [-0.15, -0.1) is 0 Å². The van der Waals surface area contributed by atoms with Crippen molar-refractivity contribution < 1.29 is 0 Å². The van der Waals surface area contributed by atoms with Crippen molar-refractivity contribution in [2.75, 3.05) is 0 Å². The second-order valence-electron chi connectivity index (χ2n) is 1.61. The van der Waals surface area contributed by atoms with Gasteiger partial charge in [0.2, 0.25) is 0 Å². The first-order valence-corrected chi connectivity index (χ1v) is 4.33. The summed E-state index contributed by atoms with van der Waals surface area (Å²) in [6.45, 7) is 3.39. The van der Waals surface area contributed by atoms with E-state index in [1.165, 1.54) is 0 Å². The van der Waals surface area contributed by atoms with Gasteiger partial charge in [-0.2, -0.15) is 10.5 Å². The van der Waals surface area contributed by atoms with Crippen LogP contribution in [0.4, 0.5) is 0 Å². The fourth-order valence-corrected chi connectivity index (χ4v) is 1.38. The minimum absolute atomic E-state index is 0.162. The van der Waals surface area contributed by atoms with Gasteiger partial charge in [-0.05, 0) is 0 Å². The molecule has 0 aromatic heterocycles. The molecule has 4 nitrogen and oxygen atoms in total. The fraction of sp³-hybridized carbons (Fsp3) is 0. The number of rotatable bonds is 3. The maximum atomic E-state index is 8.32. The molecule has 12 heavy (non-hydrogen) atoms. The van der Waals surface area contributed by atoms with Crippen molar-refractivity contribution in [2.45, 2.75) is 0 Å². The first kappa shape index (κ1) is 10.8. The predicted octanol–water partition coefficient (Wildman–Crippen LogP) is 1.02. The highest BCUT2D eigenvalue weighted by molar-refractivity contribution is 8.26. The Labute approximate surface area is 78.9 Å². The molecule has 0 fully saturated rings. The van der Waals surface area contributed by atoms with E-state index in [1.807, 2.05) is 0 Å². The Balaban J connectivity index is 4.72. The van der Waals surface area contributed by atoms with Crippen molar-refractivity contribution in [1.29, 1.82) is 10.5 Å². The van der Waals surface area contributed by atoms with E-state index in [9.17, 15) is 0 Å². The molecule has 0 saturated carbocycles. The first-order valence-electron chi connectivity index (χ1n) is 2.69. The Bertz CT molecular complexity index is 276. The van der Waals surface area contributed by atoms with Gasteiger partial charge >= 0.3 is 0 Å². The lowest BCUT2D eigenvalue weighted by Crippen LogP contribution is -2.08. The molecular weight excluding hydrogens is 192 g/mol. The number of nitrogens with zero attached hydrogens (tertiary/aromatic N) is 2. The van der Waals surface area contributed by atoms with Gasteiger partial charge < -0.3 is 11.5 Å². The highest BCUT2D eigenvalue weighted by Crippen LogP contribution is 2.29. The third-order valence-corrected chi connectivity index (χ3v) is 2.34. The predicted molar refractivity (Wildman–Crippen MR) is 50.9 cm³/mol. The van der Waals surface area contributed by atoms with Crippen LogP contribution in [0.5, 0.6) is 0 Å².